The largest absolute Gasteiger partial charge is 0.504 e. The second-order valence-electron chi connectivity index (χ2n) is 7.63. The van der Waals surface area contributed by atoms with E-state index in [0.717, 1.165) is 42.6 Å². The maximum Gasteiger partial charge on any atom is 0.166 e. The number of allylic oxidation sites excluding steroid dienone is 1. The van der Waals surface area contributed by atoms with Gasteiger partial charge in [-0.1, -0.05) is 11.6 Å². The summed E-state index contributed by atoms with van der Waals surface area (Å²) in [4.78, 5) is 2.47. The highest BCUT2D eigenvalue weighted by Gasteiger charge is 2.37. The van der Waals surface area contributed by atoms with E-state index < -0.39 is 0 Å². The maximum atomic E-state index is 11.0. The Labute approximate surface area is 165 Å². The molecule has 2 aromatic carbocycles. The van der Waals surface area contributed by atoms with E-state index in [4.69, 9.17) is 9.47 Å². The highest BCUT2D eigenvalue weighted by molar-refractivity contribution is 5.84. The second-order valence-corrected chi connectivity index (χ2v) is 7.63. The molecule has 0 saturated heterocycles. The van der Waals surface area contributed by atoms with Gasteiger partial charge in [-0.05, 0) is 67.1 Å². The van der Waals surface area contributed by atoms with Crippen molar-refractivity contribution < 1.29 is 19.7 Å². The molecule has 1 aliphatic heterocycles. The van der Waals surface area contributed by atoms with E-state index in [9.17, 15) is 10.2 Å². The summed E-state index contributed by atoms with van der Waals surface area (Å²) in [6, 6.07) is 5.73. The number of phenolic OH excluding ortho intramolecular Hbond substituents is 2. The van der Waals surface area contributed by atoms with E-state index in [1.807, 2.05) is 12.1 Å². The molecule has 0 spiro atoms. The number of fused-ring (bicyclic) bond motifs is 2. The van der Waals surface area contributed by atoms with Crippen LogP contribution in [0.3, 0.4) is 0 Å². The SMILES string of the molecule is C/C=C(\C)CN1CCc2cc(OC)c(O)c3c2C1Cc1cc(O)c(OC)cc1-3. The van der Waals surface area contributed by atoms with Crippen LogP contribution in [0.25, 0.3) is 11.1 Å². The van der Waals surface area contributed by atoms with Gasteiger partial charge in [0.05, 0.1) is 14.2 Å². The van der Waals surface area contributed by atoms with Crippen molar-refractivity contribution in [1.82, 2.24) is 4.90 Å². The molecule has 0 aromatic heterocycles. The Morgan fingerprint density at radius 1 is 1.14 bits per heavy atom. The number of phenols is 2. The van der Waals surface area contributed by atoms with Crippen LogP contribution >= 0.6 is 0 Å². The number of nitrogens with zero attached hydrogens (tertiary/aromatic N) is 1. The standard InChI is InChI=1S/C23H27NO4/c1-5-13(2)12-24-7-6-14-10-20(28-4)23(26)22-16-11-19(27-3)18(25)9-15(16)8-17(24)21(14)22/h5,9-11,17,25-26H,6-8,12H2,1-4H3/b13-5+. The van der Waals surface area contributed by atoms with Crippen LogP contribution in [0.5, 0.6) is 23.0 Å². The van der Waals surface area contributed by atoms with Crippen LogP contribution < -0.4 is 9.47 Å². The topological polar surface area (TPSA) is 62.2 Å². The summed E-state index contributed by atoms with van der Waals surface area (Å²) in [6.45, 7) is 6.06. The Morgan fingerprint density at radius 2 is 1.89 bits per heavy atom. The highest BCUT2D eigenvalue weighted by atomic mass is 16.5. The molecule has 0 bridgehead atoms. The molecule has 2 N–H and O–H groups in total. The summed E-state index contributed by atoms with van der Waals surface area (Å²) in [6.07, 6.45) is 3.85. The van der Waals surface area contributed by atoms with Crippen molar-refractivity contribution in [2.45, 2.75) is 32.7 Å². The van der Waals surface area contributed by atoms with E-state index >= 15 is 0 Å². The minimum Gasteiger partial charge on any atom is -0.504 e. The fourth-order valence-electron chi connectivity index (χ4n) is 4.55. The normalized spacial score (nSPS) is 18.4. The van der Waals surface area contributed by atoms with Crippen LogP contribution in [-0.4, -0.2) is 42.4 Å². The minimum absolute atomic E-state index is 0.124. The Bertz CT molecular complexity index is 964. The lowest BCUT2D eigenvalue weighted by molar-refractivity contribution is 0.197. The highest BCUT2D eigenvalue weighted by Crippen LogP contribution is 2.53. The Hall–Kier alpha value is -2.66. The summed E-state index contributed by atoms with van der Waals surface area (Å²) in [7, 11) is 3.12. The van der Waals surface area contributed by atoms with Gasteiger partial charge in [0.15, 0.2) is 23.0 Å². The third kappa shape index (κ3) is 2.81. The zero-order chi connectivity index (χ0) is 20.0. The van der Waals surface area contributed by atoms with Crippen molar-refractivity contribution in [2.24, 2.45) is 0 Å². The van der Waals surface area contributed by atoms with Gasteiger partial charge in [0.2, 0.25) is 0 Å². The van der Waals surface area contributed by atoms with Crippen LogP contribution in [0.2, 0.25) is 0 Å². The lowest BCUT2D eigenvalue weighted by atomic mass is 9.76. The molecule has 148 valence electrons. The van der Waals surface area contributed by atoms with Crippen LogP contribution in [0, 0.1) is 0 Å². The summed E-state index contributed by atoms with van der Waals surface area (Å²) < 4.78 is 10.8. The monoisotopic (exact) mass is 381 g/mol. The van der Waals surface area contributed by atoms with Crippen molar-refractivity contribution in [2.75, 3.05) is 27.3 Å². The third-order valence-electron chi connectivity index (χ3n) is 6.09. The number of rotatable bonds is 4. The van der Waals surface area contributed by atoms with Crippen LogP contribution in [0.15, 0.2) is 29.8 Å². The van der Waals surface area contributed by atoms with E-state index in [-0.39, 0.29) is 17.5 Å². The molecule has 0 saturated carbocycles. The van der Waals surface area contributed by atoms with Crippen molar-refractivity contribution in [1.29, 1.82) is 0 Å². The van der Waals surface area contributed by atoms with Gasteiger partial charge in [-0.3, -0.25) is 4.90 Å². The molecule has 0 fully saturated rings. The van der Waals surface area contributed by atoms with Gasteiger partial charge in [0.25, 0.3) is 0 Å². The van der Waals surface area contributed by atoms with Crippen molar-refractivity contribution in [3.05, 3.63) is 46.5 Å². The maximum absolute atomic E-state index is 11.0. The van der Waals surface area contributed by atoms with Gasteiger partial charge in [0, 0.05) is 24.7 Å². The van der Waals surface area contributed by atoms with Gasteiger partial charge in [-0.2, -0.15) is 0 Å². The molecule has 2 aromatic rings. The van der Waals surface area contributed by atoms with Crippen molar-refractivity contribution in [3.8, 4) is 34.1 Å². The van der Waals surface area contributed by atoms with Gasteiger partial charge in [0.1, 0.15) is 0 Å². The molecular formula is C23H27NO4. The fraction of sp³-hybridized carbons (Fsp3) is 0.391. The zero-order valence-corrected chi connectivity index (χ0v) is 16.9. The number of benzene rings is 2. The Balaban J connectivity index is 1.95. The van der Waals surface area contributed by atoms with Crippen LogP contribution in [0.1, 0.15) is 36.6 Å². The first kappa shape index (κ1) is 18.7. The van der Waals surface area contributed by atoms with Gasteiger partial charge in [-0.15, -0.1) is 0 Å². The molecule has 1 heterocycles. The van der Waals surface area contributed by atoms with Gasteiger partial charge < -0.3 is 19.7 Å². The lowest BCUT2D eigenvalue weighted by Gasteiger charge is -2.42. The second kappa shape index (κ2) is 7.06. The van der Waals surface area contributed by atoms with Crippen LogP contribution in [-0.2, 0) is 12.8 Å². The lowest BCUT2D eigenvalue weighted by Crippen LogP contribution is -2.39. The third-order valence-corrected chi connectivity index (χ3v) is 6.09. The summed E-state index contributed by atoms with van der Waals surface area (Å²) in [5.41, 5.74) is 6.45. The average molecular weight is 381 g/mol. The van der Waals surface area contributed by atoms with Gasteiger partial charge in [-0.25, -0.2) is 0 Å². The van der Waals surface area contributed by atoms with E-state index in [2.05, 4.69) is 24.8 Å². The predicted molar refractivity (Wildman–Crippen MR) is 109 cm³/mol. The average Bonchev–Trinajstić information content (AvgIpc) is 2.70. The molecular weight excluding hydrogens is 354 g/mol. The first-order valence-electron chi connectivity index (χ1n) is 9.67. The number of hydrogen-bond donors (Lipinski definition) is 2. The first-order valence-corrected chi connectivity index (χ1v) is 9.67. The van der Waals surface area contributed by atoms with Crippen molar-refractivity contribution >= 4 is 0 Å². The zero-order valence-electron chi connectivity index (χ0n) is 16.9. The van der Waals surface area contributed by atoms with Crippen LogP contribution in [0.4, 0.5) is 0 Å². The molecule has 1 unspecified atom stereocenters. The van der Waals surface area contributed by atoms with Crippen molar-refractivity contribution in [3.63, 3.8) is 0 Å². The molecule has 0 amide bonds. The Kier molecular flexibility index (Phi) is 4.71. The minimum atomic E-state index is 0.124. The summed E-state index contributed by atoms with van der Waals surface area (Å²) >= 11 is 0. The first-order chi connectivity index (χ1) is 13.5. The van der Waals surface area contributed by atoms with E-state index in [0.29, 0.717) is 11.5 Å². The Morgan fingerprint density at radius 3 is 2.57 bits per heavy atom. The summed E-state index contributed by atoms with van der Waals surface area (Å²) in [5.74, 6) is 1.18. The summed E-state index contributed by atoms with van der Waals surface area (Å²) in [5, 5.41) is 21.4. The number of methoxy groups -OCH3 is 2. The molecule has 5 nitrogen and oxygen atoms in total. The molecule has 28 heavy (non-hydrogen) atoms. The molecule has 2 aliphatic rings. The predicted octanol–water partition coefficient (Wildman–Crippen LogP) is 4.20. The molecule has 1 atom stereocenters. The molecule has 1 aliphatic carbocycles. The smallest absolute Gasteiger partial charge is 0.166 e. The number of aromatic hydroxyl groups is 2. The number of hydrogen-bond acceptors (Lipinski definition) is 5. The van der Waals surface area contributed by atoms with E-state index in [1.165, 1.54) is 23.8 Å². The quantitative estimate of drug-likeness (QED) is 0.777. The van der Waals surface area contributed by atoms with Gasteiger partial charge >= 0.3 is 0 Å². The molecule has 4 rings (SSSR count). The number of ether oxygens (including phenoxy) is 2. The molecule has 5 heteroatoms. The molecule has 0 radical (unpaired) electrons. The van der Waals surface area contributed by atoms with E-state index in [1.54, 1.807) is 13.2 Å². The fourth-order valence-corrected chi connectivity index (χ4v) is 4.55.